The van der Waals surface area contributed by atoms with E-state index in [2.05, 4.69) is 9.97 Å². The summed E-state index contributed by atoms with van der Waals surface area (Å²) >= 11 is 10.2. The van der Waals surface area contributed by atoms with Crippen molar-refractivity contribution < 1.29 is 16.5 Å². The van der Waals surface area contributed by atoms with Crippen LogP contribution in [0.5, 0.6) is 0 Å². The first-order chi connectivity index (χ1) is 10.8. The molecule has 4 rings (SSSR count). The Morgan fingerprint density at radius 1 is 0.565 bits per heavy atom. The number of pyridine rings is 2. The molecular weight excluding hydrogens is 367 g/mol. The topological polar surface area (TPSA) is 25.8 Å². The van der Waals surface area contributed by atoms with Crippen LogP contribution in [0.4, 0.5) is 0 Å². The smallest absolute Gasteiger partial charge is 0.778 e. The molecule has 0 saturated carbocycles. The summed E-state index contributed by atoms with van der Waals surface area (Å²) in [6.45, 7) is 0. The Balaban J connectivity index is 0.000000160. The second-order valence-corrected chi connectivity index (χ2v) is 5.54. The maximum absolute atomic E-state index is 5.09. The Hall–Kier alpha value is -1.81. The molecule has 0 amide bonds. The minimum absolute atomic E-state index is 0. The molecule has 2 nitrogen and oxygen atoms in total. The Labute approximate surface area is 156 Å². The van der Waals surface area contributed by atoms with Crippen LogP contribution in [0.25, 0.3) is 21.8 Å². The Kier molecular flexibility index (Phi) is 6.23. The molecule has 2 aromatic carbocycles. The van der Waals surface area contributed by atoms with Crippen LogP contribution in [-0.2, 0) is 41.7 Å². The summed E-state index contributed by atoms with van der Waals surface area (Å²) in [6.07, 6.45) is 3.52. The van der Waals surface area contributed by atoms with Crippen molar-refractivity contribution in [3.8, 4) is 0 Å². The number of hydrogen-bond acceptors (Lipinski definition) is 4. The third-order valence-corrected chi connectivity index (χ3v) is 3.85. The van der Waals surface area contributed by atoms with E-state index in [4.69, 9.17) is 25.3 Å². The molecule has 116 valence electrons. The van der Waals surface area contributed by atoms with Gasteiger partial charge in [-0.2, -0.15) is 0 Å². The van der Waals surface area contributed by atoms with Crippen molar-refractivity contribution >= 4 is 47.1 Å². The van der Waals surface area contributed by atoms with Gasteiger partial charge in [-0.25, -0.2) is 0 Å². The van der Waals surface area contributed by atoms with E-state index in [0.29, 0.717) is 0 Å². The van der Waals surface area contributed by atoms with Crippen molar-refractivity contribution in [2.75, 3.05) is 0 Å². The summed E-state index contributed by atoms with van der Waals surface area (Å²) in [5.41, 5.74) is 1.84. The second kappa shape index (κ2) is 8.16. The standard InChI is InChI=1S/2C9H7NS.Ni/c2*11-8-5-1-3-7-4-2-6-10-9(7)8;/h2*1-6,11H;/q;;+2/p-2. The molecule has 0 radical (unpaired) electrons. The van der Waals surface area contributed by atoms with E-state index in [9.17, 15) is 0 Å². The summed E-state index contributed by atoms with van der Waals surface area (Å²) in [5, 5.41) is 2.22. The molecule has 2 heterocycles. The number of rotatable bonds is 0. The van der Waals surface area contributed by atoms with Crippen LogP contribution in [-0.4, -0.2) is 9.97 Å². The molecular formula is C18H12N2NiS2. The fourth-order valence-corrected chi connectivity index (χ4v) is 2.65. The van der Waals surface area contributed by atoms with Crippen LogP contribution < -0.4 is 0 Å². The minimum Gasteiger partial charge on any atom is -0.778 e. The zero-order valence-electron chi connectivity index (χ0n) is 12.0. The monoisotopic (exact) mass is 378 g/mol. The van der Waals surface area contributed by atoms with Crippen molar-refractivity contribution in [2.24, 2.45) is 0 Å². The molecule has 23 heavy (non-hydrogen) atoms. The Morgan fingerprint density at radius 3 is 1.35 bits per heavy atom. The van der Waals surface area contributed by atoms with Crippen LogP contribution in [0.15, 0.2) is 82.8 Å². The predicted octanol–water partition coefficient (Wildman–Crippen LogP) is 4.28. The molecule has 0 bridgehead atoms. The molecule has 0 aliphatic carbocycles. The van der Waals surface area contributed by atoms with Gasteiger partial charge in [0.15, 0.2) is 0 Å². The summed E-state index contributed by atoms with van der Waals surface area (Å²) in [6, 6.07) is 19.6. The van der Waals surface area contributed by atoms with Gasteiger partial charge < -0.3 is 25.3 Å². The first kappa shape index (κ1) is 17.5. The van der Waals surface area contributed by atoms with Gasteiger partial charge in [-0.1, -0.05) is 48.5 Å². The number of aromatic nitrogens is 2. The van der Waals surface area contributed by atoms with Crippen LogP contribution in [0.3, 0.4) is 0 Å². The zero-order valence-corrected chi connectivity index (χ0v) is 14.6. The van der Waals surface area contributed by atoms with Gasteiger partial charge in [0.25, 0.3) is 0 Å². The molecule has 4 aromatic rings. The molecule has 0 aliphatic heterocycles. The normalized spacial score (nSPS) is 9.74. The molecule has 0 aliphatic rings. The summed E-state index contributed by atoms with van der Waals surface area (Å²) in [4.78, 5) is 10.00. The first-order valence-electron chi connectivity index (χ1n) is 6.77. The van der Waals surface area contributed by atoms with Crippen LogP contribution in [0.2, 0.25) is 0 Å². The average Bonchev–Trinajstić information content (AvgIpc) is 2.57. The average molecular weight is 379 g/mol. The van der Waals surface area contributed by atoms with Gasteiger partial charge in [-0.05, 0) is 22.9 Å². The van der Waals surface area contributed by atoms with Gasteiger partial charge in [-0.3, -0.25) is 9.97 Å². The number of hydrogen-bond donors (Lipinski definition) is 0. The molecule has 0 saturated heterocycles. The minimum atomic E-state index is 0. The summed E-state index contributed by atoms with van der Waals surface area (Å²) < 4.78 is 0. The molecule has 0 fully saturated rings. The number of fused-ring (bicyclic) bond motifs is 2. The van der Waals surface area contributed by atoms with Crippen LogP contribution in [0.1, 0.15) is 0 Å². The van der Waals surface area contributed by atoms with Crippen molar-refractivity contribution in [1.82, 2.24) is 9.97 Å². The van der Waals surface area contributed by atoms with Gasteiger partial charge in [-0.15, -0.1) is 9.79 Å². The van der Waals surface area contributed by atoms with Crippen molar-refractivity contribution in [1.29, 1.82) is 0 Å². The quantitative estimate of drug-likeness (QED) is 0.337. The molecule has 0 N–H and O–H groups in total. The molecule has 0 spiro atoms. The third-order valence-electron chi connectivity index (χ3n) is 3.19. The zero-order chi connectivity index (χ0) is 15.4. The fourth-order valence-electron chi connectivity index (χ4n) is 2.15. The Morgan fingerprint density at radius 2 is 0.957 bits per heavy atom. The predicted molar refractivity (Wildman–Crippen MR) is 94.7 cm³/mol. The summed E-state index contributed by atoms with van der Waals surface area (Å²) in [7, 11) is 0. The second-order valence-electron chi connectivity index (χ2n) is 4.66. The largest absolute Gasteiger partial charge is 2.00 e. The van der Waals surface area contributed by atoms with E-state index < -0.39 is 0 Å². The van der Waals surface area contributed by atoms with Crippen molar-refractivity contribution in [3.63, 3.8) is 0 Å². The molecule has 0 atom stereocenters. The third kappa shape index (κ3) is 4.14. The summed E-state index contributed by atoms with van der Waals surface area (Å²) in [5.74, 6) is 0. The van der Waals surface area contributed by atoms with E-state index in [1.165, 1.54) is 0 Å². The van der Waals surface area contributed by atoms with Gasteiger partial charge in [0, 0.05) is 12.4 Å². The van der Waals surface area contributed by atoms with E-state index in [-0.39, 0.29) is 16.5 Å². The number of nitrogens with zero attached hydrogens (tertiary/aromatic N) is 2. The maximum Gasteiger partial charge on any atom is 2.00 e. The van der Waals surface area contributed by atoms with Crippen molar-refractivity contribution in [3.05, 3.63) is 73.1 Å². The van der Waals surface area contributed by atoms with E-state index in [1.807, 2.05) is 60.7 Å². The fraction of sp³-hybridized carbons (Fsp3) is 0. The molecule has 5 heteroatoms. The van der Waals surface area contributed by atoms with E-state index >= 15 is 0 Å². The van der Waals surface area contributed by atoms with Gasteiger partial charge in [0.2, 0.25) is 0 Å². The van der Waals surface area contributed by atoms with Crippen molar-refractivity contribution in [2.45, 2.75) is 9.79 Å². The van der Waals surface area contributed by atoms with Gasteiger partial charge >= 0.3 is 16.5 Å². The number of benzene rings is 2. The SMILES string of the molecule is [Ni+2].[S-]c1cccc2cccnc12.[S-]c1cccc2cccnc12. The van der Waals surface area contributed by atoms with E-state index in [0.717, 1.165) is 31.6 Å². The van der Waals surface area contributed by atoms with Gasteiger partial charge in [0.05, 0.1) is 11.0 Å². The first-order valence-corrected chi connectivity index (χ1v) is 7.59. The maximum atomic E-state index is 5.09. The molecule has 2 aromatic heterocycles. The van der Waals surface area contributed by atoms with Crippen LogP contribution in [0, 0.1) is 0 Å². The molecule has 0 unspecified atom stereocenters. The Bertz CT molecular complexity index is 841. The number of para-hydroxylation sites is 2. The van der Waals surface area contributed by atoms with Crippen LogP contribution >= 0.6 is 0 Å². The van der Waals surface area contributed by atoms with Gasteiger partial charge in [0.1, 0.15) is 0 Å². The van der Waals surface area contributed by atoms with E-state index in [1.54, 1.807) is 12.4 Å².